The van der Waals surface area contributed by atoms with Crippen molar-refractivity contribution in [1.29, 1.82) is 0 Å². The maximum absolute atomic E-state index is 12.2. The highest BCUT2D eigenvalue weighted by molar-refractivity contribution is 9.10. The van der Waals surface area contributed by atoms with E-state index in [9.17, 15) is 9.59 Å². The van der Waals surface area contributed by atoms with Gasteiger partial charge in [0.1, 0.15) is 11.5 Å². The number of nitrogens with one attached hydrogen (secondary N) is 2. The Bertz CT molecular complexity index is 1070. The van der Waals surface area contributed by atoms with E-state index >= 15 is 0 Å². The Balaban J connectivity index is 1.44. The smallest absolute Gasteiger partial charge is 0.276 e. The van der Waals surface area contributed by atoms with Crippen molar-refractivity contribution in [3.63, 3.8) is 0 Å². The Labute approximate surface area is 202 Å². The fourth-order valence-corrected chi connectivity index (χ4v) is 3.41. The molecule has 0 aliphatic heterocycles. The molecular weight excluding hydrogens is 484 g/mol. The van der Waals surface area contributed by atoms with Crippen LogP contribution in [0.2, 0.25) is 0 Å². The summed E-state index contributed by atoms with van der Waals surface area (Å²) in [6.07, 6.45) is 0.962. The maximum atomic E-state index is 12.2. The van der Waals surface area contributed by atoms with E-state index in [1.165, 1.54) is 0 Å². The van der Waals surface area contributed by atoms with Crippen molar-refractivity contribution in [2.75, 3.05) is 13.2 Å². The van der Waals surface area contributed by atoms with E-state index in [1.54, 1.807) is 30.3 Å². The van der Waals surface area contributed by atoms with Crippen molar-refractivity contribution >= 4 is 27.7 Å². The highest BCUT2D eigenvalue weighted by Crippen LogP contribution is 2.30. The molecule has 3 aromatic rings. The summed E-state index contributed by atoms with van der Waals surface area (Å²) in [7, 11) is 0. The summed E-state index contributed by atoms with van der Waals surface area (Å²) >= 11 is 3.48. The average Bonchev–Trinajstić information content (AvgIpc) is 2.82. The van der Waals surface area contributed by atoms with E-state index in [0.29, 0.717) is 29.6 Å². The molecule has 0 heterocycles. The van der Waals surface area contributed by atoms with E-state index < -0.39 is 11.8 Å². The molecule has 0 fully saturated rings. The van der Waals surface area contributed by atoms with E-state index in [4.69, 9.17) is 9.47 Å². The van der Waals surface area contributed by atoms with Crippen LogP contribution in [0.25, 0.3) is 11.1 Å². The van der Waals surface area contributed by atoms with E-state index in [1.807, 2.05) is 42.5 Å². The first kappa shape index (κ1) is 24.3. The van der Waals surface area contributed by atoms with Crippen LogP contribution in [0.5, 0.6) is 11.5 Å². The second-order valence-corrected chi connectivity index (χ2v) is 8.71. The predicted octanol–water partition coefficient (Wildman–Crippen LogP) is 5.38. The van der Waals surface area contributed by atoms with Gasteiger partial charge in [0.05, 0.1) is 11.1 Å². The first-order valence-electron chi connectivity index (χ1n) is 10.7. The Morgan fingerprint density at radius 2 is 1.61 bits per heavy atom. The first-order valence-corrected chi connectivity index (χ1v) is 11.5. The minimum Gasteiger partial charge on any atom is -0.494 e. The highest BCUT2D eigenvalue weighted by atomic mass is 79.9. The number of ether oxygens (including phenoxy) is 2. The first-order chi connectivity index (χ1) is 15.9. The highest BCUT2D eigenvalue weighted by Gasteiger charge is 2.10. The molecule has 0 bridgehead atoms. The van der Waals surface area contributed by atoms with Gasteiger partial charge in [-0.2, -0.15) is 0 Å². The number of amides is 2. The summed E-state index contributed by atoms with van der Waals surface area (Å²) in [4.78, 5) is 24.3. The Kier molecular flexibility index (Phi) is 8.89. The molecule has 0 atom stereocenters. The van der Waals surface area contributed by atoms with Crippen molar-refractivity contribution < 1.29 is 19.1 Å². The van der Waals surface area contributed by atoms with Crippen molar-refractivity contribution in [1.82, 2.24) is 10.9 Å². The van der Waals surface area contributed by atoms with Gasteiger partial charge in [0, 0.05) is 5.56 Å². The number of carbonyl (C=O) groups excluding carboxylic acids is 2. The zero-order valence-electron chi connectivity index (χ0n) is 18.6. The fraction of sp³-hybridized carbons (Fsp3) is 0.231. The lowest BCUT2D eigenvalue weighted by molar-refractivity contribution is -0.123. The number of halogens is 1. The molecule has 0 unspecified atom stereocenters. The van der Waals surface area contributed by atoms with Crippen LogP contribution in [-0.4, -0.2) is 25.0 Å². The monoisotopic (exact) mass is 510 g/mol. The number of carbonyl (C=O) groups is 2. The van der Waals surface area contributed by atoms with Gasteiger partial charge in [-0.05, 0) is 75.8 Å². The maximum Gasteiger partial charge on any atom is 0.276 e. The summed E-state index contributed by atoms with van der Waals surface area (Å²) in [5.41, 5.74) is 7.27. The normalized spacial score (nSPS) is 10.5. The Morgan fingerprint density at radius 3 is 2.27 bits per heavy atom. The fourth-order valence-electron chi connectivity index (χ4n) is 2.92. The molecule has 0 aromatic heterocycles. The number of rotatable bonds is 9. The zero-order valence-corrected chi connectivity index (χ0v) is 20.2. The van der Waals surface area contributed by atoms with Crippen LogP contribution in [0.4, 0.5) is 0 Å². The molecule has 7 heteroatoms. The van der Waals surface area contributed by atoms with Crippen LogP contribution >= 0.6 is 15.9 Å². The molecule has 0 saturated heterocycles. The molecule has 3 rings (SSSR count). The number of hydrogen-bond donors (Lipinski definition) is 2. The summed E-state index contributed by atoms with van der Waals surface area (Å²) in [5, 5.41) is 0. The lowest BCUT2D eigenvalue weighted by Gasteiger charge is -2.11. The lowest BCUT2D eigenvalue weighted by atomic mass is 10.1. The SMILES string of the molecule is CC(C)CCOc1ccc(C(=O)NNC(=O)COc2ccc(-c3ccccc3)cc2Br)cc1. The molecule has 6 nitrogen and oxygen atoms in total. The molecule has 172 valence electrons. The Hall–Kier alpha value is -3.32. The molecule has 0 spiro atoms. The third-order valence-corrected chi connectivity index (χ3v) is 5.41. The van der Waals surface area contributed by atoms with Crippen molar-refractivity contribution in [2.24, 2.45) is 5.92 Å². The topological polar surface area (TPSA) is 76.7 Å². The van der Waals surface area contributed by atoms with E-state index in [2.05, 4.69) is 40.6 Å². The number of hydrogen-bond acceptors (Lipinski definition) is 4. The third-order valence-electron chi connectivity index (χ3n) is 4.79. The Morgan fingerprint density at radius 1 is 0.879 bits per heavy atom. The van der Waals surface area contributed by atoms with Crippen LogP contribution in [0.3, 0.4) is 0 Å². The zero-order chi connectivity index (χ0) is 23.6. The standard InChI is InChI=1S/C26H27BrN2O4/c1-18(2)14-15-32-22-11-8-20(9-12-22)26(31)29-28-25(30)17-33-24-13-10-21(16-23(24)27)19-6-4-3-5-7-19/h3-13,16,18H,14-15,17H2,1-2H3,(H,28,30)(H,29,31). The second-order valence-electron chi connectivity index (χ2n) is 7.86. The van der Waals surface area contributed by atoms with Gasteiger partial charge in [0.15, 0.2) is 6.61 Å². The summed E-state index contributed by atoms with van der Waals surface area (Å²) < 4.78 is 11.9. The van der Waals surface area contributed by atoms with Crippen LogP contribution in [0.1, 0.15) is 30.6 Å². The molecule has 33 heavy (non-hydrogen) atoms. The summed E-state index contributed by atoms with van der Waals surface area (Å²) in [6, 6.07) is 22.4. The minimum atomic E-state index is -0.476. The molecule has 2 N–H and O–H groups in total. The largest absolute Gasteiger partial charge is 0.494 e. The molecule has 2 amide bonds. The number of benzene rings is 3. The van der Waals surface area contributed by atoms with E-state index in [-0.39, 0.29) is 6.61 Å². The molecule has 0 aliphatic carbocycles. The van der Waals surface area contributed by atoms with Crippen LogP contribution in [0.15, 0.2) is 77.3 Å². The molecule has 0 radical (unpaired) electrons. The average molecular weight is 511 g/mol. The van der Waals surface area contributed by atoms with Gasteiger partial charge in [0.25, 0.3) is 11.8 Å². The van der Waals surface area contributed by atoms with Crippen LogP contribution < -0.4 is 20.3 Å². The third kappa shape index (κ3) is 7.64. The van der Waals surface area contributed by atoms with Crippen molar-refractivity contribution in [2.45, 2.75) is 20.3 Å². The number of hydrazine groups is 1. The van der Waals surface area contributed by atoms with Gasteiger partial charge in [0.2, 0.25) is 0 Å². The minimum absolute atomic E-state index is 0.244. The van der Waals surface area contributed by atoms with Gasteiger partial charge in [-0.3, -0.25) is 20.4 Å². The van der Waals surface area contributed by atoms with Gasteiger partial charge >= 0.3 is 0 Å². The molecular formula is C26H27BrN2O4. The summed E-state index contributed by atoms with van der Waals surface area (Å²) in [6.45, 7) is 4.66. The second kappa shape index (κ2) is 12.1. The summed E-state index contributed by atoms with van der Waals surface area (Å²) in [5.74, 6) is 0.900. The molecule has 0 aliphatic rings. The van der Waals surface area contributed by atoms with Gasteiger partial charge in [-0.25, -0.2) is 0 Å². The van der Waals surface area contributed by atoms with Crippen LogP contribution in [-0.2, 0) is 4.79 Å². The van der Waals surface area contributed by atoms with Crippen molar-refractivity contribution in [3.8, 4) is 22.6 Å². The van der Waals surface area contributed by atoms with Gasteiger partial charge in [-0.15, -0.1) is 0 Å². The molecule has 0 saturated carbocycles. The van der Waals surface area contributed by atoms with Crippen molar-refractivity contribution in [3.05, 3.63) is 82.8 Å². The molecule has 3 aromatic carbocycles. The van der Waals surface area contributed by atoms with Crippen LogP contribution in [0, 0.1) is 5.92 Å². The van der Waals surface area contributed by atoms with Gasteiger partial charge in [-0.1, -0.05) is 50.2 Å². The quantitative estimate of drug-likeness (QED) is 0.378. The van der Waals surface area contributed by atoms with E-state index in [0.717, 1.165) is 22.0 Å². The van der Waals surface area contributed by atoms with Gasteiger partial charge < -0.3 is 9.47 Å². The lowest BCUT2D eigenvalue weighted by Crippen LogP contribution is -2.43. The predicted molar refractivity (Wildman–Crippen MR) is 132 cm³/mol.